The SMILES string of the molecule is CCNC1CCCN(C(C)=O)c2ccccc21. The van der Waals surface area contributed by atoms with Gasteiger partial charge >= 0.3 is 0 Å². The molecule has 1 aromatic rings. The third kappa shape index (κ3) is 2.50. The fourth-order valence-corrected chi connectivity index (χ4v) is 2.54. The topological polar surface area (TPSA) is 32.3 Å². The van der Waals surface area contributed by atoms with Crippen molar-refractivity contribution in [1.29, 1.82) is 0 Å². The van der Waals surface area contributed by atoms with Crippen molar-refractivity contribution in [1.82, 2.24) is 5.32 Å². The van der Waals surface area contributed by atoms with Crippen LogP contribution in [0.4, 0.5) is 5.69 Å². The number of amides is 1. The molecular weight excluding hydrogens is 212 g/mol. The number of anilines is 1. The third-order valence-electron chi connectivity index (χ3n) is 3.31. The molecule has 1 unspecified atom stereocenters. The summed E-state index contributed by atoms with van der Waals surface area (Å²) in [5.74, 6) is 0.134. The van der Waals surface area contributed by atoms with Gasteiger partial charge in [0.2, 0.25) is 5.91 Å². The summed E-state index contributed by atoms with van der Waals surface area (Å²) >= 11 is 0. The second-order valence-electron chi connectivity index (χ2n) is 4.48. The predicted molar refractivity (Wildman–Crippen MR) is 70.1 cm³/mol. The zero-order valence-corrected chi connectivity index (χ0v) is 10.6. The molecule has 2 rings (SSSR count). The quantitative estimate of drug-likeness (QED) is 0.849. The largest absolute Gasteiger partial charge is 0.312 e. The lowest BCUT2D eigenvalue weighted by Crippen LogP contribution is -2.29. The van der Waals surface area contributed by atoms with Gasteiger partial charge in [0, 0.05) is 25.2 Å². The molecule has 1 aliphatic heterocycles. The Morgan fingerprint density at radius 2 is 2.24 bits per heavy atom. The Labute approximate surface area is 103 Å². The van der Waals surface area contributed by atoms with Crippen LogP contribution < -0.4 is 10.2 Å². The number of nitrogens with one attached hydrogen (secondary N) is 1. The molecule has 3 heteroatoms. The van der Waals surface area contributed by atoms with Crippen molar-refractivity contribution in [2.24, 2.45) is 0 Å². The van der Waals surface area contributed by atoms with E-state index in [1.54, 1.807) is 6.92 Å². The number of benzene rings is 1. The highest BCUT2D eigenvalue weighted by atomic mass is 16.2. The zero-order valence-electron chi connectivity index (χ0n) is 10.6. The number of rotatable bonds is 2. The first-order valence-electron chi connectivity index (χ1n) is 6.34. The van der Waals surface area contributed by atoms with Crippen LogP contribution in [0.5, 0.6) is 0 Å². The van der Waals surface area contributed by atoms with E-state index in [2.05, 4.69) is 18.3 Å². The van der Waals surface area contributed by atoms with Gasteiger partial charge in [0.25, 0.3) is 0 Å². The van der Waals surface area contributed by atoms with E-state index in [1.807, 2.05) is 23.1 Å². The molecule has 0 radical (unpaired) electrons. The minimum Gasteiger partial charge on any atom is -0.312 e. The van der Waals surface area contributed by atoms with E-state index < -0.39 is 0 Å². The maximum absolute atomic E-state index is 11.7. The second kappa shape index (κ2) is 5.32. The monoisotopic (exact) mass is 232 g/mol. The van der Waals surface area contributed by atoms with Gasteiger partial charge in [-0.05, 0) is 31.0 Å². The number of fused-ring (bicyclic) bond motifs is 1. The van der Waals surface area contributed by atoms with Crippen LogP contribution in [-0.4, -0.2) is 19.0 Å². The Kier molecular flexibility index (Phi) is 3.79. The Hall–Kier alpha value is -1.35. The maximum atomic E-state index is 11.7. The molecule has 1 aromatic carbocycles. The number of hydrogen-bond donors (Lipinski definition) is 1. The second-order valence-corrected chi connectivity index (χ2v) is 4.48. The number of para-hydroxylation sites is 1. The first kappa shape index (κ1) is 12.1. The van der Waals surface area contributed by atoms with Crippen molar-refractivity contribution in [2.45, 2.75) is 32.7 Å². The summed E-state index contributed by atoms with van der Waals surface area (Å²) in [4.78, 5) is 13.6. The summed E-state index contributed by atoms with van der Waals surface area (Å²) in [5.41, 5.74) is 2.32. The molecule has 3 nitrogen and oxygen atoms in total. The molecule has 1 N–H and O–H groups in total. The molecule has 1 heterocycles. The van der Waals surface area contributed by atoms with Crippen molar-refractivity contribution in [3.05, 3.63) is 29.8 Å². The highest BCUT2D eigenvalue weighted by Crippen LogP contribution is 2.32. The average molecular weight is 232 g/mol. The predicted octanol–water partition coefficient (Wildman–Crippen LogP) is 2.48. The highest BCUT2D eigenvalue weighted by molar-refractivity contribution is 5.92. The van der Waals surface area contributed by atoms with Crippen LogP contribution in [0.15, 0.2) is 24.3 Å². The lowest BCUT2D eigenvalue weighted by molar-refractivity contribution is -0.116. The Morgan fingerprint density at radius 3 is 2.94 bits per heavy atom. The van der Waals surface area contributed by atoms with Gasteiger partial charge in [-0.1, -0.05) is 25.1 Å². The van der Waals surface area contributed by atoms with Gasteiger partial charge < -0.3 is 10.2 Å². The smallest absolute Gasteiger partial charge is 0.223 e. The van der Waals surface area contributed by atoms with Crippen molar-refractivity contribution >= 4 is 11.6 Å². The highest BCUT2D eigenvalue weighted by Gasteiger charge is 2.23. The van der Waals surface area contributed by atoms with Gasteiger partial charge in [0.05, 0.1) is 0 Å². The van der Waals surface area contributed by atoms with E-state index in [0.717, 1.165) is 31.6 Å². The van der Waals surface area contributed by atoms with Crippen molar-refractivity contribution in [3.8, 4) is 0 Å². The molecule has 0 aliphatic carbocycles. The summed E-state index contributed by atoms with van der Waals surface area (Å²) in [6, 6.07) is 8.60. The van der Waals surface area contributed by atoms with Crippen molar-refractivity contribution in [2.75, 3.05) is 18.0 Å². The average Bonchev–Trinajstić information content (AvgIpc) is 2.50. The van der Waals surface area contributed by atoms with Crippen molar-refractivity contribution < 1.29 is 4.79 Å². The van der Waals surface area contributed by atoms with Crippen LogP contribution in [0, 0.1) is 0 Å². The lowest BCUT2D eigenvalue weighted by atomic mass is 10.0. The molecule has 0 spiro atoms. The van der Waals surface area contributed by atoms with E-state index in [0.29, 0.717) is 6.04 Å². The third-order valence-corrected chi connectivity index (χ3v) is 3.31. The molecule has 92 valence electrons. The van der Waals surface area contributed by atoms with Crippen LogP contribution in [0.25, 0.3) is 0 Å². The maximum Gasteiger partial charge on any atom is 0.223 e. The first-order chi connectivity index (χ1) is 8.24. The Balaban J connectivity index is 2.40. The van der Waals surface area contributed by atoms with Gasteiger partial charge in [0.1, 0.15) is 0 Å². The minimum absolute atomic E-state index is 0.134. The number of hydrogen-bond acceptors (Lipinski definition) is 2. The van der Waals surface area contributed by atoms with Crippen LogP contribution in [0.2, 0.25) is 0 Å². The Morgan fingerprint density at radius 1 is 1.47 bits per heavy atom. The fourth-order valence-electron chi connectivity index (χ4n) is 2.54. The summed E-state index contributed by atoms with van der Waals surface area (Å²) in [5, 5.41) is 3.50. The van der Waals surface area contributed by atoms with Crippen molar-refractivity contribution in [3.63, 3.8) is 0 Å². The molecule has 17 heavy (non-hydrogen) atoms. The molecule has 1 atom stereocenters. The van der Waals surface area contributed by atoms with E-state index in [9.17, 15) is 4.79 Å². The van der Waals surface area contributed by atoms with Crippen LogP contribution in [0.3, 0.4) is 0 Å². The summed E-state index contributed by atoms with van der Waals surface area (Å²) in [7, 11) is 0. The van der Waals surface area contributed by atoms with E-state index in [4.69, 9.17) is 0 Å². The van der Waals surface area contributed by atoms with Gasteiger partial charge in [-0.15, -0.1) is 0 Å². The molecule has 1 aliphatic rings. The fraction of sp³-hybridized carbons (Fsp3) is 0.500. The van der Waals surface area contributed by atoms with Crippen LogP contribution in [0.1, 0.15) is 38.3 Å². The molecule has 0 saturated carbocycles. The van der Waals surface area contributed by atoms with Gasteiger partial charge in [0.15, 0.2) is 0 Å². The molecule has 0 saturated heterocycles. The first-order valence-corrected chi connectivity index (χ1v) is 6.34. The number of carbonyl (C=O) groups is 1. The summed E-state index contributed by atoms with van der Waals surface area (Å²) in [6.07, 6.45) is 2.14. The molecule has 0 fully saturated rings. The normalized spacial score (nSPS) is 19.6. The van der Waals surface area contributed by atoms with E-state index in [-0.39, 0.29) is 5.91 Å². The standard InChI is InChI=1S/C14H20N2O/c1-3-15-13-8-6-10-16(11(2)17)14-9-5-4-7-12(13)14/h4-5,7,9,13,15H,3,6,8,10H2,1-2H3. The molecule has 1 amide bonds. The lowest BCUT2D eigenvalue weighted by Gasteiger charge is -2.23. The van der Waals surface area contributed by atoms with Crippen LogP contribution in [-0.2, 0) is 4.79 Å². The van der Waals surface area contributed by atoms with E-state index in [1.165, 1.54) is 5.56 Å². The number of nitrogens with zero attached hydrogens (tertiary/aromatic N) is 1. The number of carbonyl (C=O) groups excluding carboxylic acids is 1. The van der Waals surface area contributed by atoms with Gasteiger partial charge in [-0.25, -0.2) is 0 Å². The van der Waals surface area contributed by atoms with E-state index >= 15 is 0 Å². The zero-order chi connectivity index (χ0) is 12.3. The molecule has 0 bridgehead atoms. The summed E-state index contributed by atoms with van der Waals surface area (Å²) in [6.45, 7) is 5.55. The van der Waals surface area contributed by atoms with Crippen LogP contribution >= 0.6 is 0 Å². The molecular formula is C14H20N2O. The van der Waals surface area contributed by atoms with Gasteiger partial charge in [-0.3, -0.25) is 4.79 Å². The Bertz CT molecular complexity index is 403. The van der Waals surface area contributed by atoms with Gasteiger partial charge in [-0.2, -0.15) is 0 Å². The molecule has 0 aromatic heterocycles. The minimum atomic E-state index is 0.134. The summed E-state index contributed by atoms with van der Waals surface area (Å²) < 4.78 is 0.